The van der Waals surface area contributed by atoms with Crippen LogP contribution in [0, 0.1) is 6.92 Å². The second kappa shape index (κ2) is 8.96. The van der Waals surface area contributed by atoms with Crippen LogP contribution in [-0.2, 0) is 16.2 Å². The highest BCUT2D eigenvalue weighted by molar-refractivity contribution is 5.89. The molecule has 1 heterocycles. The second-order valence-electron chi connectivity index (χ2n) is 6.20. The molecule has 7 heteroatoms. The van der Waals surface area contributed by atoms with Crippen molar-refractivity contribution in [2.24, 2.45) is 0 Å². The molecule has 3 rings (SSSR count). The SMILES string of the molecule is Cc1cn(CO[C@@H](COC(=O)c2ccccc2)c2ccccc2)c(=O)[nH]c1=O. The van der Waals surface area contributed by atoms with Gasteiger partial charge in [0.1, 0.15) is 19.4 Å². The summed E-state index contributed by atoms with van der Waals surface area (Å²) in [5.74, 6) is -0.456. The first kappa shape index (κ1) is 19.3. The lowest BCUT2D eigenvalue weighted by molar-refractivity contribution is -0.0377. The molecular weight excluding hydrogens is 360 g/mol. The maximum absolute atomic E-state index is 12.2. The van der Waals surface area contributed by atoms with Crippen molar-refractivity contribution in [3.8, 4) is 0 Å². The van der Waals surface area contributed by atoms with Crippen molar-refractivity contribution in [2.45, 2.75) is 19.8 Å². The number of carbonyl (C=O) groups is 1. The molecule has 1 aromatic heterocycles. The number of aromatic nitrogens is 2. The van der Waals surface area contributed by atoms with Crippen LogP contribution in [0.4, 0.5) is 0 Å². The Labute approximate surface area is 161 Å². The molecule has 0 unspecified atom stereocenters. The third kappa shape index (κ3) is 4.83. The highest BCUT2D eigenvalue weighted by atomic mass is 16.6. The Hall–Kier alpha value is -3.45. The van der Waals surface area contributed by atoms with Crippen LogP contribution in [0.1, 0.15) is 27.6 Å². The molecule has 3 aromatic rings. The minimum absolute atomic E-state index is 0.0190. The Bertz CT molecular complexity index is 1040. The van der Waals surface area contributed by atoms with Crippen molar-refractivity contribution >= 4 is 5.97 Å². The molecule has 0 fully saturated rings. The fourth-order valence-electron chi connectivity index (χ4n) is 2.60. The average Bonchev–Trinajstić information content (AvgIpc) is 2.72. The molecule has 7 nitrogen and oxygen atoms in total. The third-order valence-corrected chi connectivity index (χ3v) is 4.15. The van der Waals surface area contributed by atoms with Gasteiger partial charge in [0.05, 0.1) is 5.56 Å². The quantitative estimate of drug-likeness (QED) is 0.636. The van der Waals surface area contributed by atoms with Crippen molar-refractivity contribution in [1.82, 2.24) is 9.55 Å². The standard InChI is InChI=1S/C21H20N2O5/c1-15-12-23(21(26)22-19(15)24)14-28-18(16-8-4-2-5-9-16)13-27-20(25)17-10-6-3-7-11-17/h2-12,18H,13-14H2,1H3,(H,22,24,26)/t18-/m0/s1. The zero-order valence-electron chi connectivity index (χ0n) is 15.3. The first-order chi connectivity index (χ1) is 13.5. The fraction of sp³-hybridized carbons (Fsp3) is 0.190. The van der Waals surface area contributed by atoms with Gasteiger partial charge in [0.2, 0.25) is 0 Å². The zero-order valence-corrected chi connectivity index (χ0v) is 15.3. The van der Waals surface area contributed by atoms with E-state index in [0.717, 1.165) is 5.56 Å². The maximum Gasteiger partial charge on any atom is 0.338 e. The first-order valence-electron chi connectivity index (χ1n) is 8.73. The Morgan fingerprint density at radius 3 is 2.36 bits per heavy atom. The van der Waals surface area contributed by atoms with Gasteiger partial charge in [-0.3, -0.25) is 14.3 Å². The van der Waals surface area contributed by atoms with Crippen LogP contribution in [0.15, 0.2) is 76.4 Å². The van der Waals surface area contributed by atoms with Crippen LogP contribution in [0.25, 0.3) is 0 Å². The van der Waals surface area contributed by atoms with E-state index in [1.807, 2.05) is 36.4 Å². The van der Waals surface area contributed by atoms with Crippen LogP contribution >= 0.6 is 0 Å². The molecular formula is C21H20N2O5. The summed E-state index contributed by atoms with van der Waals surface area (Å²) in [4.78, 5) is 37.9. The zero-order chi connectivity index (χ0) is 19.9. The van der Waals surface area contributed by atoms with Gasteiger partial charge in [-0.1, -0.05) is 48.5 Å². The molecule has 0 bridgehead atoms. The van der Waals surface area contributed by atoms with E-state index >= 15 is 0 Å². The summed E-state index contributed by atoms with van der Waals surface area (Å²) in [7, 11) is 0. The second-order valence-corrected chi connectivity index (χ2v) is 6.20. The number of carbonyl (C=O) groups excluding carboxylic acids is 1. The summed E-state index contributed by atoms with van der Waals surface area (Å²) in [6.07, 6.45) is 0.854. The van der Waals surface area contributed by atoms with Gasteiger partial charge in [-0.15, -0.1) is 0 Å². The van der Waals surface area contributed by atoms with Crippen LogP contribution in [-0.4, -0.2) is 22.1 Å². The number of benzene rings is 2. The van der Waals surface area contributed by atoms with Gasteiger partial charge < -0.3 is 9.47 Å². The number of aromatic amines is 1. The number of esters is 1. The lowest BCUT2D eigenvalue weighted by Gasteiger charge is -2.19. The number of rotatable bonds is 7. The molecule has 1 N–H and O–H groups in total. The Balaban J connectivity index is 1.73. The summed E-state index contributed by atoms with van der Waals surface area (Å²) in [6.45, 7) is 1.48. The number of ether oxygens (including phenoxy) is 2. The molecule has 0 aliphatic rings. The number of aryl methyl sites for hydroxylation is 1. The molecule has 0 saturated carbocycles. The van der Waals surface area contributed by atoms with E-state index in [1.54, 1.807) is 31.2 Å². The van der Waals surface area contributed by atoms with Crippen LogP contribution < -0.4 is 11.2 Å². The smallest absolute Gasteiger partial charge is 0.338 e. The van der Waals surface area contributed by atoms with Gasteiger partial charge in [-0.25, -0.2) is 9.59 Å². The molecule has 0 amide bonds. The van der Waals surface area contributed by atoms with Crippen molar-refractivity contribution in [1.29, 1.82) is 0 Å². The monoisotopic (exact) mass is 380 g/mol. The predicted molar refractivity (Wildman–Crippen MR) is 103 cm³/mol. The molecule has 28 heavy (non-hydrogen) atoms. The van der Waals surface area contributed by atoms with Gasteiger partial charge >= 0.3 is 11.7 Å². The van der Waals surface area contributed by atoms with E-state index < -0.39 is 23.3 Å². The number of H-pyrrole nitrogens is 1. The molecule has 0 aliphatic heterocycles. The molecule has 2 aromatic carbocycles. The van der Waals surface area contributed by atoms with Crippen LogP contribution in [0.3, 0.4) is 0 Å². The minimum Gasteiger partial charge on any atom is -0.459 e. The van der Waals surface area contributed by atoms with Gasteiger partial charge in [-0.05, 0) is 24.6 Å². The number of nitrogens with zero attached hydrogens (tertiary/aromatic N) is 1. The lowest BCUT2D eigenvalue weighted by Crippen LogP contribution is -2.32. The van der Waals surface area contributed by atoms with E-state index in [-0.39, 0.29) is 13.3 Å². The molecule has 144 valence electrons. The summed E-state index contributed by atoms with van der Waals surface area (Å²) >= 11 is 0. The minimum atomic E-state index is -0.576. The summed E-state index contributed by atoms with van der Waals surface area (Å²) in [6, 6.07) is 17.9. The van der Waals surface area contributed by atoms with Crippen LogP contribution in [0.5, 0.6) is 0 Å². The van der Waals surface area contributed by atoms with Crippen molar-refractivity contribution < 1.29 is 14.3 Å². The van der Waals surface area contributed by atoms with E-state index in [4.69, 9.17) is 9.47 Å². The molecule has 0 spiro atoms. The number of nitrogens with one attached hydrogen (secondary N) is 1. The summed E-state index contributed by atoms with van der Waals surface area (Å²) in [5.41, 5.74) is 0.649. The lowest BCUT2D eigenvalue weighted by atomic mass is 10.1. The van der Waals surface area contributed by atoms with Gasteiger partial charge in [0, 0.05) is 11.8 Å². The van der Waals surface area contributed by atoms with Gasteiger partial charge in [0.15, 0.2) is 0 Å². The molecule has 0 aliphatic carbocycles. The first-order valence-corrected chi connectivity index (χ1v) is 8.73. The van der Waals surface area contributed by atoms with Gasteiger partial charge in [0.25, 0.3) is 5.56 Å². The molecule has 0 radical (unpaired) electrons. The van der Waals surface area contributed by atoms with Crippen molar-refractivity contribution in [3.05, 3.63) is 104 Å². The largest absolute Gasteiger partial charge is 0.459 e. The fourth-order valence-corrected chi connectivity index (χ4v) is 2.60. The Morgan fingerprint density at radius 1 is 1.04 bits per heavy atom. The number of hydrogen-bond donors (Lipinski definition) is 1. The van der Waals surface area contributed by atoms with E-state index in [9.17, 15) is 14.4 Å². The third-order valence-electron chi connectivity index (χ3n) is 4.15. The normalized spacial score (nSPS) is 11.8. The molecule has 1 atom stereocenters. The average molecular weight is 380 g/mol. The van der Waals surface area contributed by atoms with E-state index in [2.05, 4.69) is 4.98 Å². The van der Waals surface area contributed by atoms with Gasteiger partial charge in [-0.2, -0.15) is 0 Å². The van der Waals surface area contributed by atoms with Crippen LogP contribution in [0.2, 0.25) is 0 Å². The van der Waals surface area contributed by atoms with E-state index in [1.165, 1.54) is 10.8 Å². The summed E-state index contributed by atoms with van der Waals surface area (Å²) in [5, 5.41) is 0. The maximum atomic E-state index is 12.2. The van der Waals surface area contributed by atoms with E-state index in [0.29, 0.717) is 11.1 Å². The number of hydrogen-bond acceptors (Lipinski definition) is 5. The molecule has 0 saturated heterocycles. The van der Waals surface area contributed by atoms with Crippen molar-refractivity contribution in [2.75, 3.05) is 6.61 Å². The highest BCUT2D eigenvalue weighted by Crippen LogP contribution is 2.19. The van der Waals surface area contributed by atoms with Crippen molar-refractivity contribution in [3.63, 3.8) is 0 Å². The summed E-state index contributed by atoms with van der Waals surface area (Å²) < 4.78 is 12.5. The Morgan fingerprint density at radius 2 is 1.68 bits per heavy atom. The predicted octanol–water partition coefficient (Wildman–Crippen LogP) is 2.42. The highest BCUT2D eigenvalue weighted by Gasteiger charge is 2.16. The topological polar surface area (TPSA) is 90.4 Å². The Kier molecular flexibility index (Phi) is 6.18.